The first-order valence-electron chi connectivity index (χ1n) is 12.0. The van der Waals surface area contributed by atoms with E-state index in [1.807, 2.05) is 22.8 Å². The monoisotopic (exact) mass is 495 g/mol. The number of benzene rings is 2. The molecule has 0 saturated carbocycles. The second-order valence-corrected chi connectivity index (χ2v) is 9.34. The van der Waals surface area contributed by atoms with Crippen LogP contribution in [0.2, 0.25) is 0 Å². The number of nitrogens with zero attached hydrogens (tertiary/aromatic N) is 2. The molecule has 2 atom stereocenters. The molecular formula is C27H33N3O4S. The van der Waals surface area contributed by atoms with E-state index in [0.717, 1.165) is 23.4 Å². The minimum Gasteiger partial charge on any atom is -0.504 e. The van der Waals surface area contributed by atoms with Crippen molar-refractivity contribution in [1.29, 1.82) is 0 Å². The lowest BCUT2D eigenvalue weighted by Crippen LogP contribution is -2.51. The molecular weight excluding hydrogens is 462 g/mol. The van der Waals surface area contributed by atoms with E-state index >= 15 is 0 Å². The molecule has 0 spiro atoms. The summed E-state index contributed by atoms with van der Waals surface area (Å²) in [5.74, 6) is 0.786. The van der Waals surface area contributed by atoms with Crippen LogP contribution in [-0.4, -0.2) is 54.4 Å². The number of morpholine rings is 1. The van der Waals surface area contributed by atoms with Crippen LogP contribution in [0.1, 0.15) is 50.3 Å². The van der Waals surface area contributed by atoms with E-state index in [1.165, 1.54) is 12.7 Å². The number of anilines is 1. The number of allylic oxidation sites excluding steroid dienone is 1. The molecule has 7 nitrogen and oxygen atoms in total. The van der Waals surface area contributed by atoms with Crippen LogP contribution in [0, 0.1) is 0 Å². The van der Waals surface area contributed by atoms with Crippen molar-refractivity contribution in [2.24, 2.45) is 0 Å². The number of hydrogen-bond acceptors (Lipinski definition) is 5. The third-order valence-electron chi connectivity index (χ3n) is 6.88. The number of nitrogens with one attached hydrogen (secondary N) is 1. The van der Waals surface area contributed by atoms with Gasteiger partial charge in [0.2, 0.25) is 0 Å². The van der Waals surface area contributed by atoms with Crippen molar-refractivity contribution in [1.82, 2.24) is 10.2 Å². The molecule has 1 saturated heterocycles. The fourth-order valence-electron chi connectivity index (χ4n) is 4.59. The third-order valence-corrected chi connectivity index (χ3v) is 7.18. The minimum absolute atomic E-state index is 0.0107. The Kier molecular flexibility index (Phi) is 7.62. The molecule has 186 valence electrons. The molecule has 8 heteroatoms. The van der Waals surface area contributed by atoms with Gasteiger partial charge >= 0.3 is 0 Å². The van der Waals surface area contributed by atoms with E-state index in [2.05, 4.69) is 43.4 Å². The van der Waals surface area contributed by atoms with Crippen molar-refractivity contribution in [3.63, 3.8) is 0 Å². The molecule has 1 fully saturated rings. The van der Waals surface area contributed by atoms with Gasteiger partial charge in [-0.3, -0.25) is 9.69 Å². The summed E-state index contributed by atoms with van der Waals surface area (Å²) in [5.41, 5.74) is 4.26. The first kappa shape index (κ1) is 25.0. The number of carbonyl (C=O) groups is 1. The topological polar surface area (TPSA) is 74.3 Å². The zero-order valence-corrected chi connectivity index (χ0v) is 21.5. The highest BCUT2D eigenvalue weighted by atomic mass is 32.1. The molecule has 2 N–H and O–H groups in total. The summed E-state index contributed by atoms with van der Waals surface area (Å²) in [5, 5.41) is 14.3. The number of phenols is 1. The number of ether oxygens (including phenoxy) is 2. The number of phenolic OH excluding ortho intramolecular Hbond substituents is 1. The van der Waals surface area contributed by atoms with Gasteiger partial charge in [0.05, 0.1) is 31.9 Å². The number of thiocarbonyl (C=S) groups is 1. The fraction of sp³-hybridized carbons (Fsp3) is 0.407. The molecule has 0 unspecified atom stereocenters. The number of aromatic hydroxyl groups is 1. The molecule has 2 aromatic carbocycles. The lowest BCUT2D eigenvalue weighted by Gasteiger charge is -2.40. The van der Waals surface area contributed by atoms with Crippen LogP contribution in [0.15, 0.2) is 53.7 Å². The van der Waals surface area contributed by atoms with Gasteiger partial charge < -0.3 is 24.8 Å². The molecule has 4 rings (SSSR count). The second-order valence-electron chi connectivity index (χ2n) is 8.95. The zero-order valence-electron chi connectivity index (χ0n) is 20.7. The number of carbonyl (C=O) groups excluding carboxylic acids is 1. The second kappa shape index (κ2) is 10.7. The molecule has 0 bridgehead atoms. The SMILES string of the molecule is CC[C@H](C)c1ccc(N2C(=S)N[C@H](c3ccc(OC)c(O)c3)C(C(=O)N3CCOCC3)=C2C)cc1. The summed E-state index contributed by atoms with van der Waals surface area (Å²) < 4.78 is 10.7. The van der Waals surface area contributed by atoms with Gasteiger partial charge in [0.15, 0.2) is 16.6 Å². The van der Waals surface area contributed by atoms with E-state index in [-0.39, 0.29) is 11.7 Å². The summed E-state index contributed by atoms with van der Waals surface area (Å²) >= 11 is 5.80. The molecule has 35 heavy (non-hydrogen) atoms. The van der Waals surface area contributed by atoms with E-state index in [4.69, 9.17) is 21.7 Å². The van der Waals surface area contributed by atoms with Gasteiger partial charge in [0, 0.05) is 24.5 Å². The Morgan fingerprint density at radius 3 is 2.51 bits per heavy atom. The summed E-state index contributed by atoms with van der Waals surface area (Å²) in [6, 6.07) is 13.0. The zero-order chi connectivity index (χ0) is 25.1. The lowest BCUT2D eigenvalue weighted by atomic mass is 9.93. The first-order valence-corrected chi connectivity index (χ1v) is 12.4. The predicted molar refractivity (Wildman–Crippen MR) is 141 cm³/mol. The van der Waals surface area contributed by atoms with Crippen molar-refractivity contribution in [3.8, 4) is 11.5 Å². The first-order chi connectivity index (χ1) is 16.8. The molecule has 1 amide bonds. The normalized spacial score (nSPS) is 19.4. The molecule has 2 heterocycles. The fourth-order valence-corrected chi connectivity index (χ4v) is 4.95. The number of rotatable bonds is 6. The summed E-state index contributed by atoms with van der Waals surface area (Å²) in [4.78, 5) is 17.6. The quantitative estimate of drug-likeness (QED) is 0.572. The van der Waals surface area contributed by atoms with Crippen molar-refractivity contribution in [2.45, 2.75) is 39.2 Å². The molecule has 0 radical (unpaired) electrons. The molecule has 0 aliphatic carbocycles. The van der Waals surface area contributed by atoms with Crippen molar-refractivity contribution < 1.29 is 19.4 Å². The summed E-state index contributed by atoms with van der Waals surface area (Å²) in [6.45, 7) is 8.41. The average molecular weight is 496 g/mol. The maximum absolute atomic E-state index is 13.8. The van der Waals surface area contributed by atoms with E-state index in [9.17, 15) is 9.90 Å². The molecule has 2 aromatic rings. The van der Waals surface area contributed by atoms with Gasteiger partial charge in [0.1, 0.15) is 0 Å². The lowest BCUT2D eigenvalue weighted by molar-refractivity contribution is -0.131. The Morgan fingerprint density at radius 1 is 1.23 bits per heavy atom. The van der Waals surface area contributed by atoms with Gasteiger partial charge in [-0.15, -0.1) is 0 Å². The van der Waals surface area contributed by atoms with Crippen molar-refractivity contribution >= 4 is 28.9 Å². The number of methoxy groups -OCH3 is 1. The number of amides is 1. The smallest absolute Gasteiger partial charge is 0.254 e. The Balaban J connectivity index is 1.78. The summed E-state index contributed by atoms with van der Waals surface area (Å²) in [6.07, 6.45) is 1.07. The van der Waals surface area contributed by atoms with Crippen LogP contribution in [0.25, 0.3) is 0 Å². The van der Waals surface area contributed by atoms with Crippen LogP contribution < -0.4 is 15.0 Å². The van der Waals surface area contributed by atoms with Crippen molar-refractivity contribution in [2.75, 3.05) is 38.3 Å². The molecule has 2 aliphatic heterocycles. The van der Waals surface area contributed by atoms with Gasteiger partial charge in [-0.1, -0.05) is 32.0 Å². The van der Waals surface area contributed by atoms with Crippen LogP contribution in [0.5, 0.6) is 11.5 Å². The highest BCUT2D eigenvalue weighted by Gasteiger charge is 2.37. The Morgan fingerprint density at radius 2 is 1.91 bits per heavy atom. The maximum Gasteiger partial charge on any atom is 0.254 e. The largest absolute Gasteiger partial charge is 0.504 e. The Labute approximate surface area is 212 Å². The number of hydrogen-bond donors (Lipinski definition) is 2. The standard InChI is InChI=1S/C27H33N3O4S/c1-5-17(2)19-6-9-21(10-7-19)30-18(3)24(26(32)29-12-14-34-15-13-29)25(28-27(30)35)20-8-11-23(33-4)22(31)16-20/h6-11,16-17,25,31H,5,12-15H2,1-4H3,(H,28,35)/t17-,25+/m0/s1. The van der Waals surface area contributed by atoms with E-state index in [1.54, 1.807) is 12.1 Å². The third kappa shape index (κ3) is 4.99. The molecule has 0 aromatic heterocycles. The highest BCUT2D eigenvalue weighted by Crippen LogP contribution is 2.38. The van der Waals surface area contributed by atoms with Crippen LogP contribution in [-0.2, 0) is 9.53 Å². The highest BCUT2D eigenvalue weighted by molar-refractivity contribution is 7.80. The van der Waals surface area contributed by atoms with E-state index < -0.39 is 6.04 Å². The Hall–Kier alpha value is -3.10. The van der Waals surface area contributed by atoms with Gasteiger partial charge in [-0.05, 0) is 66.9 Å². The van der Waals surface area contributed by atoms with Crippen LogP contribution >= 0.6 is 12.2 Å². The molecule has 2 aliphatic rings. The van der Waals surface area contributed by atoms with Crippen LogP contribution in [0.4, 0.5) is 5.69 Å². The average Bonchev–Trinajstić information content (AvgIpc) is 2.88. The van der Waals surface area contributed by atoms with Crippen molar-refractivity contribution in [3.05, 3.63) is 64.9 Å². The predicted octanol–water partition coefficient (Wildman–Crippen LogP) is 4.48. The minimum atomic E-state index is -0.509. The van der Waals surface area contributed by atoms with Gasteiger partial charge in [-0.25, -0.2) is 0 Å². The van der Waals surface area contributed by atoms with Gasteiger partial charge in [0.25, 0.3) is 5.91 Å². The summed E-state index contributed by atoms with van der Waals surface area (Å²) in [7, 11) is 1.50. The Bertz CT molecular complexity index is 1130. The maximum atomic E-state index is 13.8. The van der Waals surface area contributed by atoms with Gasteiger partial charge in [-0.2, -0.15) is 0 Å². The van der Waals surface area contributed by atoms with Crippen LogP contribution in [0.3, 0.4) is 0 Å². The van der Waals surface area contributed by atoms with E-state index in [0.29, 0.717) is 48.7 Å².